The third-order valence-corrected chi connectivity index (χ3v) is 3.72. The second kappa shape index (κ2) is 5.22. The zero-order chi connectivity index (χ0) is 12.4. The van der Waals surface area contributed by atoms with Crippen molar-refractivity contribution >= 4 is 43.5 Å². The van der Waals surface area contributed by atoms with E-state index in [2.05, 4.69) is 44.0 Å². The summed E-state index contributed by atoms with van der Waals surface area (Å²) in [6, 6.07) is 14.1. The number of nitriles is 1. The molecule has 0 saturated carbocycles. The standard InChI is InChI=1S/C13H5Br2ClN/c14-9-2-4-13(16)11(6-9)10-5-8(7-17)1-3-12(10)15/h1-2,4-6H. The van der Waals surface area contributed by atoms with Crippen molar-refractivity contribution in [1.82, 2.24) is 0 Å². The Kier molecular flexibility index (Phi) is 3.88. The number of hydrogen-bond acceptors (Lipinski definition) is 1. The van der Waals surface area contributed by atoms with Gasteiger partial charge in [-0.25, -0.2) is 0 Å². The van der Waals surface area contributed by atoms with Gasteiger partial charge < -0.3 is 0 Å². The molecular weight excluding hydrogens is 365 g/mol. The highest BCUT2D eigenvalue weighted by Gasteiger charge is 2.09. The van der Waals surface area contributed by atoms with Crippen LogP contribution in [0.5, 0.6) is 0 Å². The van der Waals surface area contributed by atoms with E-state index in [1.165, 1.54) is 0 Å². The first-order valence-corrected chi connectivity index (χ1v) is 6.65. The van der Waals surface area contributed by atoms with Crippen LogP contribution in [0.2, 0.25) is 5.02 Å². The molecule has 0 aliphatic carbocycles. The number of benzene rings is 2. The summed E-state index contributed by atoms with van der Waals surface area (Å²) in [5.74, 6) is 0. The maximum atomic E-state index is 8.90. The van der Waals surface area contributed by atoms with Crippen molar-refractivity contribution in [2.75, 3.05) is 0 Å². The zero-order valence-corrected chi connectivity index (χ0v) is 12.4. The van der Waals surface area contributed by atoms with Gasteiger partial charge in [-0.15, -0.1) is 0 Å². The third-order valence-electron chi connectivity index (χ3n) is 2.24. The van der Waals surface area contributed by atoms with Crippen LogP contribution in [0.3, 0.4) is 0 Å². The van der Waals surface area contributed by atoms with Crippen molar-refractivity contribution in [3.8, 4) is 17.2 Å². The molecule has 0 unspecified atom stereocenters. The summed E-state index contributed by atoms with van der Waals surface area (Å²) < 4.78 is 1.72. The minimum Gasteiger partial charge on any atom is -0.192 e. The van der Waals surface area contributed by atoms with Gasteiger partial charge in [-0.05, 0) is 57.9 Å². The van der Waals surface area contributed by atoms with E-state index in [9.17, 15) is 0 Å². The lowest BCUT2D eigenvalue weighted by Gasteiger charge is -2.07. The van der Waals surface area contributed by atoms with Gasteiger partial charge >= 0.3 is 0 Å². The van der Waals surface area contributed by atoms with Crippen molar-refractivity contribution < 1.29 is 0 Å². The number of nitrogens with zero attached hydrogens (tertiary/aromatic N) is 1. The van der Waals surface area contributed by atoms with Crippen LogP contribution in [0.25, 0.3) is 11.1 Å². The summed E-state index contributed by atoms with van der Waals surface area (Å²) in [7, 11) is 0. The molecule has 0 aliphatic heterocycles. The Morgan fingerprint density at radius 2 is 1.94 bits per heavy atom. The van der Waals surface area contributed by atoms with Crippen LogP contribution >= 0.6 is 43.5 Å². The molecule has 2 rings (SSSR count). The maximum absolute atomic E-state index is 8.90. The number of rotatable bonds is 1. The van der Waals surface area contributed by atoms with E-state index in [0.717, 1.165) is 20.1 Å². The van der Waals surface area contributed by atoms with E-state index in [4.69, 9.17) is 16.9 Å². The van der Waals surface area contributed by atoms with Gasteiger partial charge in [0.15, 0.2) is 0 Å². The molecule has 0 aliphatic rings. The van der Waals surface area contributed by atoms with Gasteiger partial charge in [-0.1, -0.05) is 27.5 Å². The Bertz CT molecular complexity index is 617. The molecule has 0 amide bonds. The summed E-state index contributed by atoms with van der Waals surface area (Å²) in [6.07, 6.45) is 0. The first kappa shape index (κ1) is 12.6. The van der Waals surface area contributed by atoms with Crippen molar-refractivity contribution in [3.05, 3.63) is 55.9 Å². The molecule has 2 aromatic rings. The average Bonchev–Trinajstić information content (AvgIpc) is 2.33. The fourth-order valence-electron chi connectivity index (χ4n) is 1.44. The third kappa shape index (κ3) is 2.71. The maximum Gasteiger partial charge on any atom is 0.0992 e. The second-order valence-electron chi connectivity index (χ2n) is 3.35. The van der Waals surface area contributed by atoms with E-state index in [-0.39, 0.29) is 0 Å². The largest absolute Gasteiger partial charge is 0.192 e. The topological polar surface area (TPSA) is 23.8 Å². The first-order chi connectivity index (χ1) is 8.11. The van der Waals surface area contributed by atoms with Crippen LogP contribution in [-0.2, 0) is 0 Å². The Morgan fingerprint density at radius 1 is 1.18 bits per heavy atom. The second-order valence-corrected chi connectivity index (χ2v) is 5.47. The molecule has 0 atom stereocenters. The van der Waals surface area contributed by atoms with Crippen LogP contribution in [0.15, 0.2) is 39.3 Å². The van der Waals surface area contributed by atoms with Gasteiger partial charge in [0, 0.05) is 19.5 Å². The van der Waals surface area contributed by atoms with Crippen molar-refractivity contribution in [2.24, 2.45) is 0 Å². The van der Waals surface area contributed by atoms with Gasteiger partial charge in [0.05, 0.1) is 11.6 Å². The molecule has 4 heteroatoms. The normalized spacial score (nSPS) is 10.0. The predicted octanol–water partition coefficient (Wildman–Crippen LogP) is 5.20. The average molecular weight is 370 g/mol. The van der Waals surface area contributed by atoms with Crippen LogP contribution in [0.1, 0.15) is 5.56 Å². The molecule has 0 heterocycles. The lowest BCUT2D eigenvalue weighted by Crippen LogP contribution is -1.84. The summed E-state index contributed by atoms with van der Waals surface area (Å²) in [4.78, 5) is 0. The van der Waals surface area contributed by atoms with Gasteiger partial charge in [0.1, 0.15) is 0 Å². The molecule has 1 radical (unpaired) electrons. The Labute approximate surface area is 121 Å². The molecule has 0 N–H and O–H groups in total. The molecule has 17 heavy (non-hydrogen) atoms. The zero-order valence-electron chi connectivity index (χ0n) is 8.47. The Morgan fingerprint density at radius 3 is 2.65 bits per heavy atom. The molecule has 2 aromatic carbocycles. The van der Waals surface area contributed by atoms with Gasteiger partial charge in [0.25, 0.3) is 0 Å². The molecular formula is C13H5Br2ClN. The monoisotopic (exact) mass is 368 g/mol. The van der Waals surface area contributed by atoms with E-state index >= 15 is 0 Å². The van der Waals surface area contributed by atoms with Crippen molar-refractivity contribution in [3.63, 3.8) is 0 Å². The fraction of sp³-hybridized carbons (Fsp3) is 0. The minimum absolute atomic E-state index is 0.555. The van der Waals surface area contributed by atoms with Crippen LogP contribution in [0.4, 0.5) is 0 Å². The molecule has 0 bridgehead atoms. The molecule has 0 aromatic heterocycles. The Balaban J connectivity index is 2.68. The summed E-state index contributed by atoms with van der Waals surface area (Å²) in [5, 5.41) is 9.53. The van der Waals surface area contributed by atoms with Crippen LogP contribution in [0, 0.1) is 17.4 Å². The van der Waals surface area contributed by atoms with E-state index in [0.29, 0.717) is 10.6 Å². The SMILES string of the molecule is N#Cc1c[c]c(Br)c(-c2cc(Br)ccc2Cl)c1. The summed E-state index contributed by atoms with van der Waals surface area (Å²) in [5.41, 5.74) is 2.27. The lowest BCUT2D eigenvalue weighted by atomic mass is 10.0. The highest BCUT2D eigenvalue weighted by atomic mass is 79.9. The van der Waals surface area contributed by atoms with E-state index < -0.39 is 0 Å². The first-order valence-electron chi connectivity index (χ1n) is 4.68. The van der Waals surface area contributed by atoms with Crippen molar-refractivity contribution in [2.45, 2.75) is 0 Å². The smallest absolute Gasteiger partial charge is 0.0992 e. The van der Waals surface area contributed by atoms with E-state index in [1.807, 2.05) is 18.2 Å². The minimum atomic E-state index is 0.555. The lowest BCUT2D eigenvalue weighted by molar-refractivity contribution is 1.47. The summed E-state index contributed by atoms with van der Waals surface area (Å²) in [6.45, 7) is 0. The van der Waals surface area contributed by atoms with Gasteiger partial charge in [0.2, 0.25) is 0 Å². The highest BCUT2D eigenvalue weighted by molar-refractivity contribution is 9.10. The molecule has 0 saturated heterocycles. The number of halogens is 3. The quantitative estimate of drug-likeness (QED) is 0.676. The molecule has 1 nitrogen and oxygen atoms in total. The summed E-state index contributed by atoms with van der Waals surface area (Å²) >= 11 is 13.0. The van der Waals surface area contributed by atoms with Crippen LogP contribution < -0.4 is 0 Å². The van der Waals surface area contributed by atoms with Crippen LogP contribution in [-0.4, -0.2) is 0 Å². The molecule has 83 valence electrons. The van der Waals surface area contributed by atoms with E-state index in [1.54, 1.807) is 12.1 Å². The van der Waals surface area contributed by atoms with Gasteiger partial charge in [-0.2, -0.15) is 5.26 Å². The highest BCUT2D eigenvalue weighted by Crippen LogP contribution is 2.35. The van der Waals surface area contributed by atoms with Crippen molar-refractivity contribution in [1.29, 1.82) is 5.26 Å². The fourth-order valence-corrected chi connectivity index (χ4v) is 2.47. The number of hydrogen-bond donors (Lipinski definition) is 0. The Hall–Kier alpha value is -0.820. The molecule has 0 fully saturated rings. The predicted molar refractivity (Wildman–Crippen MR) is 75.8 cm³/mol. The molecule has 0 spiro atoms. The van der Waals surface area contributed by atoms with Gasteiger partial charge in [-0.3, -0.25) is 0 Å².